The van der Waals surface area contributed by atoms with Gasteiger partial charge in [0.15, 0.2) is 11.6 Å². The number of thiocarbonyl (C=S) groups is 1. The number of nitrogens with two attached hydrogens (primary N) is 2. The summed E-state index contributed by atoms with van der Waals surface area (Å²) in [5.41, 5.74) is 14.4. The molecule has 8 heteroatoms. The molecule has 208 valence electrons. The summed E-state index contributed by atoms with van der Waals surface area (Å²) in [5, 5.41) is -0.0635. The van der Waals surface area contributed by atoms with Crippen molar-refractivity contribution in [1.82, 2.24) is 0 Å². The van der Waals surface area contributed by atoms with Crippen LogP contribution < -0.4 is 11.5 Å². The van der Waals surface area contributed by atoms with E-state index in [1.54, 1.807) is 48.5 Å². The molecule has 0 bridgehead atoms. The normalized spacial score (nSPS) is 23.1. The SMILES string of the molecule is NC1=NC(=S)N=C(N)C12C(C(=O)c1ccccc1)C(c1ccccc1)OC(c1ccccc1)C2C(=O)c1ccccc1. The smallest absolute Gasteiger partial charge is 0.222 e. The van der Waals surface area contributed by atoms with Crippen molar-refractivity contribution < 1.29 is 14.3 Å². The molecule has 6 rings (SSSR count). The number of rotatable bonds is 6. The largest absolute Gasteiger partial charge is 0.386 e. The minimum absolute atomic E-state index is 0.0336. The predicted molar refractivity (Wildman–Crippen MR) is 166 cm³/mol. The van der Waals surface area contributed by atoms with Gasteiger partial charge in [-0.05, 0) is 23.3 Å². The van der Waals surface area contributed by atoms with E-state index in [9.17, 15) is 9.59 Å². The molecule has 7 nitrogen and oxygen atoms in total. The van der Waals surface area contributed by atoms with Gasteiger partial charge >= 0.3 is 0 Å². The van der Waals surface area contributed by atoms with E-state index in [1.807, 2.05) is 72.8 Å². The number of nitrogens with zero attached hydrogens (tertiary/aromatic N) is 2. The Balaban J connectivity index is 1.69. The third kappa shape index (κ3) is 4.55. The van der Waals surface area contributed by atoms with Gasteiger partial charge in [-0.2, -0.15) is 0 Å². The molecule has 42 heavy (non-hydrogen) atoms. The van der Waals surface area contributed by atoms with Crippen LogP contribution >= 0.6 is 12.2 Å². The Morgan fingerprint density at radius 2 is 0.929 bits per heavy atom. The summed E-state index contributed by atoms with van der Waals surface area (Å²) < 4.78 is 6.92. The van der Waals surface area contributed by atoms with Crippen molar-refractivity contribution in [2.24, 2.45) is 38.7 Å². The number of ketones is 2. The number of amidine groups is 2. The van der Waals surface area contributed by atoms with E-state index in [1.165, 1.54) is 0 Å². The minimum Gasteiger partial charge on any atom is -0.386 e. The third-order valence-electron chi connectivity index (χ3n) is 8.10. The van der Waals surface area contributed by atoms with E-state index in [2.05, 4.69) is 9.98 Å². The summed E-state index contributed by atoms with van der Waals surface area (Å²) in [7, 11) is 0. The van der Waals surface area contributed by atoms with Crippen molar-refractivity contribution in [3.63, 3.8) is 0 Å². The first-order valence-corrected chi connectivity index (χ1v) is 14.0. The molecule has 4 N–H and O–H groups in total. The summed E-state index contributed by atoms with van der Waals surface area (Å²) in [6, 6.07) is 36.5. The van der Waals surface area contributed by atoms with Crippen molar-refractivity contribution >= 4 is 40.6 Å². The van der Waals surface area contributed by atoms with Crippen LogP contribution in [0.3, 0.4) is 0 Å². The van der Waals surface area contributed by atoms with Crippen molar-refractivity contribution in [3.05, 3.63) is 144 Å². The molecule has 2 aliphatic rings. The molecular weight excluding hydrogens is 544 g/mol. The number of aliphatic imine (C=N–C) groups is 2. The summed E-state index contributed by atoms with van der Waals surface area (Å²) in [6.07, 6.45) is -1.73. The van der Waals surface area contributed by atoms with Gasteiger partial charge in [-0.1, -0.05) is 121 Å². The standard InChI is InChI=1S/C34H28N4O3S/c35-31-34(32(36)38-33(42)37-31)25(27(39)21-13-5-1-6-14-21)29(23-17-9-3-10-18-23)41-30(24-19-11-4-12-20-24)26(34)28(40)22-15-7-2-8-16-22/h1-20,25-26,29-30H,(H4,35,36,37,38,42). The summed E-state index contributed by atoms with van der Waals surface area (Å²) in [4.78, 5) is 38.3. The molecule has 4 aromatic rings. The van der Waals surface area contributed by atoms with E-state index in [0.717, 1.165) is 11.1 Å². The number of benzene rings is 4. The van der Waals surface area contributed by atoms with Gasteiger partial charge in [-0.15, -0.1) is 0 Å². The van der Waals surface area contributed by atoms with Crippen LogP contribution in [0.2, 0.25) is 0 Å². The van der Waals surface area contributed by atoms with Crippen LogP contribution in [0.5, 0.6) is 0 Å². The Morgan fingerprint density at radius 1 is 0.595 bits per heavy atom. The van der Waals surface area contributed by atoms with Crippen LogP contribution in [0, 0.1) is 17.3 Å². The number of carbonyl (C=O) groups excluding carboxylic acids is 2. The molecular formula is C34H28N4O3S. The molecule has 4 aromatic carbocycles. The number of Topliss-reactive ketones (excluding diaryl/α,β-unsaturated/α-hetero) is 2. The minimum atomic E-state index is -1.67. The van der Waals surface area contributed by atoms with E-state index in [4.69, 9.17) is 28.4 Å². The van der Waals surface area contributed by atoms with Gasteiger partial charge in [0, 0.05) is 11.1 Å². The van der Waals surface area contributed by atoms with Crippen molar-refractivity contribution in [2.75, 3.05) is 0 Å². The van der Waals surface area contributed by atoms with Crippen LogP contribution in [0.4, 0.5) is 0 Å². The van der Waals surface area contributed by atoms with Crippen LogP contribution in [0.25, 0.3) is 0 Å². The molecule has 0 amide bonds. The fourth-order valence-electron chi connectivity index (χ4n) is 6.25. The van der Waals surface area contributed by atoms with Gasteiger partial charge in [0.25, 0.3) is 0 Å². The van der Waals surface area contributed by atoms with Crippen LogP contribution in [0.1, 0.15) is 44.1 Å². The second kappa shape index (κ2) is 11.2. The summed E-state index contributed by atoms with van der Waals surface area (Å²) in [6.45, 7) is 0. The fraction of sp³-hybridized carbons (Fsp3) is 0.147. The van der Waals surface area contributed by atoms with E-state index in [-0.39, 0.29) is 28.4 Å². The molecule has 1 spiro atoms. The lowest BCUT2D eigenvalue weighted by Gasteiger charge is -2.54. The Morgan fingerprint density at radius 3 is 1.29 bits per heavy atom. The predicted octanol–water partition coefficient (Wildman–Crippen LogP) is 5.50. The van der Waals surface area contributed by atoms with Gasteiger partial charge in [0.1, 0.15) is 17.1 Å². The topological polar surface area (TPSA) is 120 Å². The molecule has 0 aromatic heterocycles. The molecule has 4 unspecified atom stereocenters. The quantitative estimate of drug-likeness (QED) is 0.233. The molecule has 0 radical (unpaired) electrons. The van der Waals surface area contributed by atoms with Gasteiger partial charge in [-0.25, -0.2) is 9.98 Å². The second-order valence-electron chi connectivity index (χ2n) is 10.4. The zero-order valence-corrected chi connectivity index (χ0v) is 23.4. The molecule has 1 saturated heterocycles. The highest BCUT2D eigenvalue weighted by atomic mass is 32.1. The van der Waals surface area contributed by atoms with E-state index < -0.39 is 29.5 Å². The first kappa shape index (κ1) is 27.4. The molecule has 1 fully saturated rings. The maximum Gasteiger partial charge on any atom is 0.222 e. The average molecular weight is 573 g/mol. The monoisotopic (exact) mass is 572 g/mol. The number of hydrogen-bond acceptors (Lipinski definition) is 6. The van der Waals surface area contributed by atoms with E-state index in [0.29, 0.717) is 11.1 Å². The first-order chi connectivity index (χ1) is 20.4. The van der Waals surface area contributed by atoms with Gasteiger partial charge in [0.2, 0.25) is 5.11 Å². The summed E-state index contributed by atoms with van der Waals surface area (Å²) in [5.74, 6) is -2.87. The number of hydrogen-bond donors (Lipinski definition) is 2. The van der Waals surface area contributed by atoms with Crippen LogP contribution in [0.15, 0.2) is 131 Å². The van der Waals surface area contributed by atoms with E-state index >= 15 is 0 Å². The third-order valence-corrected chi connectivity index (χ3v) is 8.28. The molecule has 0 saturated carbocycles. The lowest BCUT2D eigenvalue weighted by molar-refractivity contribution is -0.128. The van der Waals surface area contributed by atoms with Crippen LogP contribution in [-0.2, 0) is 4.74 Å². The van der Waals surface area contributed by atoms with Gasteiger partial charge in [0.05, 0.1) is 24.0 Å². The zero-order valence-electron chi connectivity index (χ0n) is 22.5. The van der Waals surface area contributed by atoms with Gasteiger partial charge < -0.3 is 16.2 Å². The van der Waals surface area contributed by atoms with Gasteiger partial charge in [-0.3, -0.25) is 9.59 Å². The Labute approximate surface area is 249 Å². The zero-order chi connectivity index (χ0) is 29.3. The average Bonchev–Trinajstić information content (AvgIpc) is 3.04. The Hall–Kier alpha value is -4.79. The van der Waals surface area contributed by atoms with Crippen LogP contribution in [-0.4, -0.2) is 28.4 Å². The molecule has 2 heterocycles. The van der Waals surface area contributed by atoms with Crippen molar-refractivity contribution in [1.29, 1.82) is 0 Å². The Kier molecular flexibility index (Phi) is 7.33. The van der Waals surface area contributed by atoms with Crippen molar-refractivity contribution in [3.8, 4) is 0 Å². The molecule has 2 aliphatic heterocycles. The highest BCUT2D eigenvalue weighted by molar-refractivity contribution is 7.80. The maximum atomic E-state index is 14.7. The lowest BCUT2D eigenvalue weighted by Crippen LogP contribution is -2.67. The lowest BCUT2D eigenvalue weighted by atomic mass is 9.54. The highest BCUT2D eigenvalue weighted by Crippen LogP contribution is 2.58. The highest BCUT2D eigenvalue weighted by Gasteiger charge is 2.66. The molecule has 0 aliphatic carbocycles. The van der Waals surface area contributed by atoms with Crippen molar-refractivity contribution in [2.45, 2.75) is 12.2 Å². The fourth-order valence-corrected chi connectivity index (χ4v) is 6.45. The number of ether oxygens (including phenoxy) is 1. The number of carbonyl (C=O) groups is 2. The Bertz CT molecular complexity index is 1570. The maximum absolute atomic E-state index is 14.7. The first-order valence-electron chi connectivity index (χ1n) is 13.6. The summed E-state index contributed by atoms with van der Waals surface area (Å²) >= 11 is 5.32. The second-order valence-corrected chi connectivity index (χ2v) is 10.7. The molecule has 4 atom stereocenters.